The fourth-order valence-electron chi connectivity index (χ4n) is 3.10. The number of aliphatic carboxylic acids is 2. The van der Waals surface area contributed by atoms with E-state index < -0.39 is 47.9 Å². The van der Waals surface area contributed by atoms with Crippen molar-refractivity contribution in [1.29, 1.82) is 0 Å². The van der Waals surface area contributed by atoms with E-state index in [4.69, 9.17) is 0 Å². The van der Waals surface area contributed by atoms with E-state index in [1.54, 1.807) is 13.0 Å². The van der Waals surface area contributed by atoms with Crippen LogP contribution < -0.4 is 10.2 Å². The normalized spacial score (nSPS) is 36.1. The number of ether oxygens (including phenoxy) is 1. The van der Waals surface area contributed by atoms with E-state index in [0.29, 0.717) is 0 Å². The fourth-order valence-corrected chi connectivity index (χ4v) is 3.10. The second kappa shape index (κ2) is 4.56. The summed E-state index contributed by atoms with van der Waals surface area (Å²) < 4.78 is 4.61. The molecule has 0 aromatic heterocycles. The molecule has 104 valence electrons. The van der Waals surface area contributed by atoms with Gasteiger partial charge in [0.05, 0.1) is 13.2 Å². The van der Waals surface area contributed by atoms with Crippen LogP contribution in [0.25, 0.3) is 0 Å². The number of methoxy groups -OCH3 is 1. The third-order valence-corrected chi connectivity index (χ3v) is 3.95. The monoisotopic (exact) mass is 267 g/mol. The van der Waals surface area contributed by atoms with Crippen molar-refractivity contribution in [2.24, 2.45) is 17.8 Å². The predicted octanol–water partition coefficient (Wildman–Crippen LogP) is -2.26. The van der Waals surface area contributed by atoms with E-state index in [9.17, 15) is 24.6 Å². The Morgan fingerprint density at radius 3 is 2.16 bits per heavy atom. The Balaban J connectivity index is 2.45. The molecule has 0 unspecified atom stereocenters. The SMILES string of the molecule is COC(=O)N1[C@@H]2C=C[C@H]([C@H](C(=O)[O-])[C@@H]2C(=O)[O-])[C@@H]1C. The molecule has 5 atom stereocenters. The number of fused-ring (bicyclic) bond motifs is 2. The average Bonchev–Trinajstić information content (AvgIpc) is 2.37. The smallest absolute Gasteiger partial charge is 0.410 e. The van der Waals surface area contributed by atoms with Crippen LogP contribution in [0.3, 0.4) is 0 Å². The summed E-state index contributed by atoms with van der Waals surface area (Å²) in [6.45, 7) is 1.65. The lowest BCUT2D eigenvalue weighted by Gasteiger charge is -2.54. The Morgan fingerprint density at radius 2 is 1.68 bits per heavy atom. The van der Waals surface area contributed by atoms with Crippen LogP contribution in [0.2, 0.25) is 0 Å². The van der Waals surface area contributed by atoms with Crippen molar-refractivity contribution in [2.45, 2.75) is 19.0 Å². The number of hydrogen-bond donors (Lipinski definition) is 0. The minimum absolute atomic E-state index is 0.471. The molecular formula is C12H13NO6-2. The van der Waals surface area contributed by atoms with Crippen LogP contribution in [0, 0.1) is 17.8 Å². The standard InChI is InChI=1S/C12H15NO6/c1-5-6-3-4-7(13(5)12(18)19-2)9(11(16)17)8(6)10(14)15/h3-9H,1-2H3,(H,14,15)(H,16,17)/p-2/t5-,6-,7+,8-,9+/m0/s1. The summed E-state index contributed by atoms with van der Waals surface area (Å²) in [6, 6.07) is -1.36. The quantitative estimate of drug-likeness (QED) is 0.522. The van der Waals surface area contributed by atoms with Gasteiger partial charge < -0.3 is 24.5 Å². The predicted molar refractivity (Wildman–Crippen MR) is 57.1 cm³/mol. The summed E-state index contributed by atoms with van der Waals surface area (Å²) in [5.74, 6) is -6.09. The Hall–Kier alpha value is -2.05. The third kappa shape index (κ3) is 1.85. The maximum Gasteiger partial charge on any atom is 0.410 e. The second-order valence-electron chi connectivity index (χ2n) is 4.76. The van der Waals surface area contributed by atoms with Gasteiger partial charge in [-0.25, -0.2) is 4.79 Å². The van der Waals surface area contributed by atoms with Gasteiger partial charge in [-0.05, 0) is 6.92 Å². The molecule has 0 aromatic carbocycles. The van der Waals surface area contributed by atoms with Gasteiger partial charge in [-0.1, -0.05) is 12.2 Å². The first-order chi connectivity index (χ1) is 8.90. The van der Waals surface area contributed by atoms with Crippen molar-refractivity contribution in [2.75, 3.05) is 7.11 Å². The average molecular weight is 267 g/mol. The van der Waals surface area contributed by atoms with Crippen molar-refractivity contribution in [3.63, 3.8) is 0 Å². The van der Waals surface area contributed by atoms with Crippen molar-refractivity contribution in [1.82, 2.24) is 4.90 Å². The highest BCUT2D eigenvalue weighted by Crippen LogP contribution is 2.42. The van der Waals surface area contributed by atoms with Crippen LogP contribution in [0.4, 0.5) is 4.79 Å². The van der Waals surface area contributed by atoms with Gasteiger partial charge in [-0.2, -0.15) is 0 Å². The summed E-state index contributed by atoms with van der Waals surface area (Å²) in [5.41, 5.74) is 0. The lowest BCUT2D eigenvalue weighted by Crippen LogP contribution is -2.67. The van der Waals surface area contributed by atoms with Gasteiger partial charge in [0, 0.05) is 35.7 Å². The lowest BCUT2D eigenvalue weighted by atomic mass is 9.66. The number of carboxylic acids is 2. The topological polar surface area (TPSA) is 110 Å². The molecule has 2 heterocycles. The van der Waals surface area contributed by atoms with E-state index in [0.717, 1.165) is 0 Å². The van der Waals surface area contributed by atoms with Gasteiger partial charge in [0.25, 0.3) is 0 Å². The summed E-state index contributed by atoms with van der Waals surface area (Å²) in [7, 11) is 1.19. The fraction of sp³-hybridized carbons (Fsp3) is 0.583. The second-order valence-corrected chi connectivity index (χ2v) is 4.76. The minimum atomic E-state index is -1.51. The minimum Gasteiger partial charge on any atom is -0.550 e. The molecule has 2 aliphatic heterocycles. The zero-order valence-electron chi connectivity index (χ0n) is 10.4. The van der Waals surface area contributed by atoms with Crippen molar-refractivity contribution in [3.8, 4) is 0 Å². The molecule has 1 amide bonds. The molecule has 19 heavy (non-hydrogen) atoms. The summed E-state index contributed by atoms with van der Waals surface area (Å²) in [6.07, 6.45) is 2.45. The molecule has 1 fully saturated rings. The van der Waals surface area contributed by atoms with Gasteiger partial charge in [-0.3, -0.25) is 4.90 Å². The molecule has 7 nitrogen and oxygen atoms in total. The molecule has 2 bridgehead atoms. The number of carboxylic acid groups (broad SMARTS) is 2. The zero-order valence-corrected chi connectivity index (χ0v) is 10.4. The molecule has 0 spiro atoms. The van der Waals surface area contributed by atoms with E-state index >= 15 is 0 Å². The molecule has 0 aromatic rings. The molecule has 0 N–H and O–H groups in total. The van der Waals surface area contributed by atoms with Crippen molar-refractivity contribution in [3.05, 3.63) is 12.2 Å². The molecule has 1 saturated heterocycles. The van der Waals surface area contributed by atoms with Crippen molar-refractivity contribution < 1.29 is 29.3 Å². The van der Waals surface area contributed by atoms with Crippen molar-refractivity contribution >= 4 is 18.0 Å². The number of amides is 1. The van der Waals surface area contributed by atoms with E-state index in [-0.39, 0.29) is 0 Å². The van der Waals surface area contributed by atoms with Gasteiger partial charge >= 0.3 is 6.09 Å². The molecule has 0 radical (unpaired) electrons. The summed E-state index contributed by atoms with van der Waals surface area (Å²) in [5, 5.41) is 22.4. The van der Waals surface area contributed by atoms with Gasteiger partial charge in [0.2, 0.25) is 0 Å². The Morgan fingerprint density at radius 1 is 1.11 bits per heavy atom. The third-order valence-electron chi connectivity index (χ3n) is 3.95. The highest BCUT2D eigenvalue weighted by Gasteiger charge is 2.51. The number of carbonyl (C=O) groups is 3. The van der Waals surface area contributed by atoms with E-state index in [2.05, 4.69) is 4.74 Å². The Labute approximate surface area is 109 Å². The van der Waals surface area contributed by atoms with Gasteiger partial charge in [-0.15, -0.1) is 0 Å². The van der Waals surface area contributed by atoms with E-state index in [1.165, 1.54) is 18.1 Å². The molecule has 3 aliphatic rings. The summed E-state index contributed by atoms with van der Waals surface area (Å²) in [4.78, 5) is 35.3. The molecule has 0 saturated carbocycles. The largest absolute Gasteiger partial charge is 0.550 e. The zero-order chi connectivity index (χ0) is 14.3. The molecular weight excluding hydrogens is 254 g/mol. The number of hydrogen-bond acceptors (Lipinski definition) is 6. The maximum atomic E-state index is 11.7. The van der Waals surface area contributed by atoms with Crippen LogP contribution >= 0.6 is 0 Å². The highest BCUT2D eigenvalue weighted by atomic mass is 16.5. The number of piperidine rings is 1. The first kappa shape index (κ1) is 13.4. The van der Waals surface area contributed by atoms with Crippen LogP contribution in [-0.2, 0) is 14.3 Å². The molecule has 7 heteroatoms. The van der Waals surface area contributed by atoms with Gasteiger partial charge in [0.15, 0.2) is 0 Å². The van der Waals surface area contributed by atoms with Crippen LogP contribution in [0.5, 0.6) is 0 Å². The highest BCUT2D eigenvalue weighted by molar-refractivity contribution is 5.82. The number of carbonyl (C=O) groups excluding carboxylic acids is 3. The Bertz CT molecular complexity index is 459. The summed E-state index contributed by atoms with van der Waals surface area (Å²) >= 11 is 0. The first-order valence-corrected chi connectivity index (χ1v) is 5.86. The first-order valence-electron chi connectivity index (χ1n) is 5.86. The van der Waals surface area contributed by atoms with Crippen LogP contribution in [0.15, 0.2) is 12.2 Å². The lowest BCUT2D eigenvalue weighted by molar-refractivity contribution is -0.332. The maximum absolute atomic E-state index is 11.7. The van der Waals surface area contributed by atoms with Gasteiger partial charge in [0.1, 0.15) is 0 Å². The van der Waals surface area contributed by atoms with E-state index in [1.807, 2.05) is 0 Å². The van der Waals surface area contributed by atoms with Crippen LogP contribution in [0.1, 0.15) is 6.92 Å². The Kier molecular flexibility index (Phi) is 3.21. The number of rotatable bonds is 2. The molecule has 3 rings (SSSR count). The number of nitrogens with zero attached hydrogens (tertiary/aromatic N) is 1. The van der Waals surface area contributed by atoms with Crippen LogP contribution in [-0.4, -0.2) is 42.1 Å². The molecule has 1 aliphatic carbocycles.